The Morgan fingerprint density at radius 2 is 1.55 bits per heavy atom. The first-order valence-corrected chi connectivity index (χ1v) is 9.40. The maximum atomic E-state index is 12.8. The van der Waals surface area contributed by atoms with Gasteiger partial charge in [-0.2, -0.15) is 0 Å². The first kappa shape index (κ1) is 18.9. The Kier molecular flexibility index (Phi) is 4.68. The second-order valence-corrected chi connectivity index (χ2v) is 7.34. The summed E-state index contributed by atoms with van der Waals surface area (Å²) >= 11 is 6.28. The van der Waals surface area contributed by atoms with Crippen LogP contribution in [0.15, 0.2) is 60.7 Å². The van der Waals surface area contributed by atoms with Crippen molar-refractivity contribution in [3.05, 3.63) is 93.5 Å². The Balaban J connectivity index is 1.64. The van der Waals surface area contributed by atoms with Crippen molar-refractivity contribution in [2.24, 2.45) is 0 Å². The van der Waals surface area contributed by atoms with Gasteiger partial charge in [0.05, 0.1) is 27.5 Å². The Hall–Kier alpha value is -3.44. The lowest BCUT2D eigenvalue weighted by Gasteiger charge is -2.16. The Bertz CT molecular complexity index is 1130. The molecule has 144 valence electrons. The minimum absolute atomic E-state index is 0.315. The molecule has 0 unspecified atom stereocenters. The molecule has 0 bridgehead atoms. The van der Waals surface area contributed by atoms with Gasteiger partial charge in [-0.25, -0.2) is 4.90 Å². The summed E-state index contributed by atoms with van der Waals surface area (Å²) in [6.07, 6.45) is 0. The van der Waals surface area contributed by atoms with Crippen LogP contribution in [-0.2, 0) is 0 Å². The van der Waals surface area contributed by atoms with Gasteiger partial charge in [-0.15, -0.1) is 0 Å². The maximum Gasteiger partial charge on any atom is 0.266 e. The van der Waals surface area contributed by atoms with Crippen molar-refractivity contribution in [2.45, 2.75) is 13.8 Å². The molecular weight excluding hydrogens is 388 g/mol. The normalized spacial score (nSPS) is 12.9. The highest BCUT2D eigenvalue weighted by Crippen LogP contribution is 2.30. The van der Waals surface area contributed by atoms with Gasteiger partial charge in [-0.05, 0) is 61.4 Å². The number of imide groups is 1. The summed E-state index contributed by atoms with van der Waals surface area (Å²) in [4.78, 5) is 39.3. The number of rotatable bonds is 3. The van der Waals surface area contributed by atoms with E-state index < -0.39 is 11.8 Å². The van der Waals surface area contributed by atoms with Crippen molar-refractivity contribution in [1.29, 1.82) is 0 Å². The van der Waals surface area contributed by atoms with Crippen LogP contribution in [0.1, 0.15) is 42.2 Å². The predicted molar refractivity (Wildman–Crippen MR) is 113 cm³/mol. The van der Waals surface area contributed by atoms with Crippen molar-refractivity contribution in [3.63, 3.8) is 0 Å². The van der Waals surface area contributed by atoms with E-state index in [0.717, 1.165) is 16.0 Å². The summed E-state index contributed by atoms with van der Waals surface area (Å²) in [5, 5.41) is 3.27. The number of amides is 3. The molecule has 0 saturated heterocycles. The second kappa shape index (κ2) is 7.18. The second-order valence-electron chi connectivity index (χ2n) is 6.93. The molecule has 3 aromatic rings. The molecule has 3 amide bonds. The number of carbonyl (C=O) groups is 3. The first-order chi connectivity index (χ1) is 13.9. The number of carbonyl (C=O) groups excluding carboxylic acids is 3. The van der Waals surface area contributed by atoms with Crippen LogP contribution in [0.4, 0.5) is 11.4 Å². The number of benzene rings is 3. The van der Waals surface area contributed by atoms with Gasteiger partial charge in [-0.1, -0.05) is 35.9 Å². The highest BCUT2D eigenvalue weighted by molar-refractivity contribution is 6.35. The molecule has 6 heteroatoms. The minimum Gasteiger partial charge on any atom is -0.320 e. The number of hydrogen-bond donors (Lipinski definition) is 1. The monoisotopic (exact) mass is 404 g/mol. The number of fused-ring (bicyclic) bond motifs is 1. The third kappa shape index (κ3) is 3.30. The molecule has 4 rings (SSSR count). The van der Waals surface area contributed by atoms with E-state index in [2.05, 4.69) is 5.32 Å². The molecular formula is C23H17ClN2O3. The maximum absolute atomic E-state index is 12.8. The lowest BCUT2D eigenvalue weighted by molar-refractivity contribution is 0.0924. The van der Waals surface area contributed by atoms with Gasteiger partial charge < -0.3 is 5.32 Å². The van der Waals surface area contributed by atoms with Crippen LogP contribution >= 0.6 is 11.6 Å². The number of aryl methyl sites for hydroxylation is 2. The van der Waals surface area contributed by atoms with Crippen molar-refractivity contribution in [2.75, 3.05) is 10.2 Å². The highest BCUT2D eigenvalue weighted by Gasteiger charge is 2.36. The molecule has 0 saturated carbocycles. The molecule has 0 aromatic heterocycles. The predicted octanol–water partition coefficient (Wildman–Crippen LogP) is 5.01. The van der Waals surface area contributed by atoms with Crippen LogP contribution < -0.4 is 10.2 Å². The van der Waals surface area contributed by atoms with Crippen molar-refractivity contribution in [3.8, 4) is 0 Å². The summed E-state index contributed by atoms with van der Waals surface area (Å²) in [5.41, 5.74) is 3.75. The molecule has 0 aliphatic carbocycles. The average molecular weight is 405 g/mol. The Morgan fingerprint density at radius 3 is 2.17 bits per heavy atom. The van der Waals surface area contributed by atoms with Gasteiger partial charge in [0.25, 0.3) is 17.7 Å². The van der Waals surface area contributed by atoms with E-state index in [-0.39, 0.29) is 5.91 Å². The van der Waals surface area contributed by atoms with Crippen molar-refractivity contribution < 1.29 is 14.4 Å². The van der Waals surface area contributed by atoms with Crippen LogP contribution in [0.25, 0.3) is 0 Å². The van der Waals surface area contributed by atoms with Gasteiger partial charge in [0.2, 0.25) is 0 Å². The summed E-state index contributed by atoms with van der Waals surface area (Å²) < 4.78 is 0. The summed E-state index contributed by atoms with van der Waals surface area (Å²) in [6.45, 7) is 3.79. The highest BCUT2D eigenvalue weighted by atomic mass is 35.5. The average Bonchev–Trinajstić information content (AvgIpc) is 2.95. The fourth-order valence-electron chi connectivity index (χ4n) is 3.47. The van der Waals surface area contributed by atoms with E-state index in [1.807, 2.05) is 19.9 Å². The fourth-order valence-corrected chi connectivity index (χ4v) is 3.84. The van der Waals surface area contributed by atoms with E-state index >= 15 is 0 Å². The number of nitrogens with zero attached hydrogens (tertiary/aromatic N) is 1. The molecule has 3 aromatic carbocycles. The Morgan fingerprint density at radius 1 is 0.897 bits per heavy atom. The van der Waals surface area contributed by atoms with Crippen LogP contribution in [-0.4, -0.2) is 17.7 Å². The molecule has 0 spiro atoms. The standard InChI is InChI=1S/C23H17ClN2O3/c1-13-10-14(2)20(19(24)11-13)25-21(27)15-6-5-7-16(12-15)26-22(28)17-8-3-4-9-18(17)23(26)29/h3-12H,1-2H3,(H,25,27). The molecule has 1 heterocycles. The van der Waals surface area contributed by atoms with Crippen molar-refractivity contribution in [1.82, 2.24) is 0 Å². The zero-order valence-corrected chi connectivity index (χ0v) is 16.6. The van der Waals surface area contributed by atoms with Crippen LogP contribution in [0.3, 0.4) is 0 Å². The number of hydrogen-bond acceptors (Lipinski definition) is 3. The fraction of sp³-hybridized carbons (Fsp3) is 0.0870. The van der Waals surface area contributed by atoms with Gasteiger partial charge in [0.1, 0.15) is 0 Å². The number of nitrogens with one attached hydrogen (secondary N) is 1. The quantitative estimate of drug-likeness (QED) is 0.624. The van der Waals surface area contributed by atoms with Crippen molar-refractivity contribution >= 4 is 40.7 Å². The minimum atomic E-state index is -0.402. The molecule has 1 N–H and O–H groups in total. The van der Waals surface area contributed by atoms with Gasteiger partial charge in [0.15, 0.2) is 0 Å². The van der Waals surface area contributed by atoms with Gasteiger partial charge in [0, 0.05) is 5.56 Å². The smallest absolute Gasteiger partial charge is 0.266 e. The third-order valence-electron chi connectivity index (χ3n) is 4.83. The lowest BCUT2D eigenvalue weighted by Crippen LogP contribution is -2.29. The van der Waals surface area contributed by atoms with E-state index in [9.17, 15) is 14.4 Å². The third-order valence-corrected chi connectivity index (χ3v) is 5.13. The van der Waals surface area contributed by atoms with Gasteiger partial charge >= 0.3 is 0 Å². The SMILES string of the molecule is Cc1cc(C)c(NC(=O)c2cccc(N3C(=O)c4ccccc4C3=O)c2)c(Cl)c1. The van der Waals surface area contributed by atoms with E-state index in [4.69, 9.17) is 11.6 Å². The lowest BCUT2D eigenvalue weighted by atomic mass is 10.1. The molecule has 1 aliphatic heterocycles. The van der Waals surface area contributed by atoms with Gasteiger partial charge in [-0.3, -0.25) is 14.4 Å². The zero-order chi connectivity index (χ0) is 20.7. The number of halogens is 1. The summed E-state index contributed by atoms with van der Waals surface area (Å²) in [7, 11) is 0. The molecule has 0 fully saturated rings. The van der Waals surface area contributed by atoms with Crippen LogP contribution in [0, 0.1) is 13.8 Å². The first-order valence-electron chi connectivity index (χ1n) is 9.03. The van der Waals surface area contributed by atoms with Crippen LogP contribution in [0.5, 0.6) is 0 Å². The molecule has 1 aliphatic rings. The zero-order valence-electron chi connectivity index (χ0n) is 15.8. The summed E-state index contributed by atoms with van der Waals surface area (Å²) in [5.74, 6) is -1.18. The van der Waals surface area contributed by atoms with Crippen LogP contribution in [0.2, 0.25) is 5.02 Å². The van der Waals surface area contributed by atoms with E-state index in [0.29, 0.717) is 33.1 Å². The topological polar surface area (TPSA) is 66.5 Å². The molecule has 5 nitrogen and oxygen atoms in total. The summed E-state index contributed by atoms with van der Waals surface area (Å²) in [6, 6.07) is 16.8. The largest absolute Gasteiger partial charge is 0.320 e. The number of anilines is 2. The molecule has 29 heavy (non-hydrogen) atoms. The van der Waals surface area contributed by atoms with E-state index in [1.54, 1.807) is 48.5 Å². The Labute approximate surface area is 172 Å². The molecule has 0 atom stereocenters. The van der Waals surface area contributed by atoms with E-state index in [1.165, 1.54) is 6.07 Å². The molecule has 0 radical (unpaired) electrons.